The number of nitrogens with two attached hydrogens (primary N) is 1. The molecule has 0 unspecified atom stereocenters. The maximum atomic E-state index is 5.94. The molecule has 0 aliphatic heterocycles. The summed E-state index contributed by atoms with van der Waals surface area (Å²) in [5, 5.41) is 4.20. The van der Waals surface area contributed by atoms with Crippen LogP contribution in [0.2, 0.25) is 10.0 Å². The molecule has 2 rings (SSSR count). The molecule has 0 spiro atoms. The number of aryl methyl sites for hydroxylation is 1. The Kier molecular flexibility index (Phi) is 4.33. The zero-order valence-electron chi connectivity index (χ0n) is 9.71. The Bertz CT molecular complexity index is 511. The summed E-state index contributed by atoms with van der Waals surface area (Å²) in [6.45, 7) is 0.795. The number of aromatic nitrogens is 2. The van der Waals surface area contributed by atoms with Gasteiger partial charge in [-0.05, 0) is 18.6 Å². The zero-order chi connectivity index (χ0) is 13.0. The molecule has 2 aromatic rings. The number of H-pyrrole nitrogens is 1. The topological polar surface area (TPSA) is 66.7 Å². The molecule has 0 aliphatic rings. The van der Waals surface area contributed by atoms with Gasteiger partial charge in [-0.2, -0.15) is 0 Å². The van der Waals surface area contributed by atoms with Gasteiger partial charge in [0.1, 0.15) is 5.82 Å². The van der Waals surface area contributed by atoms with E-state index in [1.807, 2.05) is 6.20 Å². The van der Waals surface area contributed by atoms with E-state index in [9.17, 15) is 0 Å². The number of anilines is 2. The number of benzene rings is 1. The van der Waals surface area contributed by atoms with Crippen LogP contribution in [0.5, 0.6) is 0 Å². The smallest absolute Gasteiger partial charge is 0.106 e. The third-order valence-corrected chi connectivity index (χ3v) is 3.28. The molecule has 1 aromatic heterocycles. The first kappa shape index (κ1) is 13.1. The first-order valence-corrected chi connectivity index (χ1v) is 6.39. The van der Waals surface area contributed by atoms with Gasteiger partial charge in [-0.3, -0.25) is 0 Å². The van der Waals surface area contributed by atoms with Crippen molar-refractivity contribution in [3.63, 3.8) is 0 Å². The minimum absolute atomic E-state index is 0.468. The van der Waals surface area contributed by atoms with Gasteiger partial charge >= 0.3 is 0 Å². The number of aromatic amines is 1. The van der Waals surface area contributed by atoms with E-state index in [0.717, 1.165) is 30.9 Å². The second-order valence-corrected chi connectivity index (χ2v) is 4.73. The van der Waals surface area contributed by atoms with Crippen LogP contribution in [0.1, 0.15) is 12.2 Å². The maximum absolute atomic E-state index is 5.94. The van der Waals surface area contributed by atoms with Crippen molar-refractivity contribution < 1.29 is 0 Å². The highest BCUT2D eigenvalue weighted by molar-refractivity contribution is 6.42. The van der Waals surface area contributed by atoms with Gasteiger partial charge in [0.25, 0.3) is 0 Å². The average Bonchev–Trinajstić information content (AvgIpc) is 2.84. The molecule has 6 heteroatoms. The van der Waals surface area contributed by atoms with E-state index in [1.165, 1.54) is 0 Å². The highest BCUT2D eigenvalue weighted by Crippen LogP contribution is 2.30. The molecule has 0 radical (unpaired) electrons. The van der Waals surface area contributed by atoms with Gasteiger partial charge in [0.2, 0.25) is 0 Å². The summed E-state index contributed by atoms with van der Waals surface area (Å²) in [5.74, 6) is 0.985. The van der Waals surface area contributed by atoms with E-state index in [0.29, 0.717) is 15.7 Å². The van der Waals surface area contributed by atoms with Gasteiger partial charge in [0.15, 0.2) is 0 Å². The van der Waals surface area contributed by atoms with Crippen LogP contribution in [-0.2, 0) is 6.42 Å². The minimum Gasteiger partial charge on any atom is -0.397 e. The van der Waals surface area contributed by atoms with Gasteiger partial charge in [0, 0.05) is 25.4 Å². The van der Waals surface area contributed by atoms with Gasteiger partial charge in [-0.25, -0.2) is 4.98 Å². The van der Waals surface area contributed by atoms with Gasteiger partial charge in [-0.1, -0.05) is 23.2 Å². The number of imidazole rings is 1. The molecule has 0 amide bonds. The van der Waals surface area contributed by atoms with E-state index in [-0.39, 0.29) is 0 Å². The monoisotopic (exact) mass is 284 g/mol. The number of halogens is 2. The van der Waals surface area contributed by atoms with E-state index >= 15 is 0 Å². The standard InChI is InChI=1S/C12H14Cl2N4/c13-8-6-10(15)11(7-9(8)14)16-3-1-2-12-17-4-5-18-12/h4-7,16H,1-3,15H2,(H,17,18). The van der Waals surface area contributed by atoms with Crippen molar-refractivity contribution in [2.75, 3.05) is 17.6 Å². The Morgan fingerprint density at radius 3 is 2.78 bits per heavy atom. The van der Waals surface area contributed by atoms with Crippen LogP contribution >= 0.6 is 23.2 Å². The van der Waals surface area contributed by atoms with Crippen molar-refractivity contribution in [3.05, 3.63) is 40.4 Å². The molecule has 1 heterocycles. The summed E-state index contributed by atoms with van der Waals surface area (Å²) in [4.78, 5) is 7.22. The SMILES string of the molecule is Nc1cc(Cl)c(Cl)cc1NCCCc1ncc[nH]1. The second-order valence-electron chi connectivity index (χ2n) is 3.92. The number of nitrogen functional groups attached to an aromatic ring is 1. The van der Waals surface area contributed by atoms with Crippen molar-refractivity contribution >= 4 is 34.6 Å². The van der Waals surface area contributed by atoms with Crippen LogP contribution in [0, 0.1) is 0 Å². The number of rotatable bonds is 5. The number of hydrogen-bond acceptors (Lipinski definition) is 3. The van der Waals surface area contributed by atoms with E-state index < -0.39 is 0 Å². The van der Waals surface area contributed by atoms with Gasteiger partial charge < -0.3 is 16.0 Å². The molecule has 4 N–H and O–H groups in total. The van der Waals surface area contributed by atoms with Crippen molar-refractivity contribution in [2.24, 2.45) is 0 Å². The van der Waals surface area contributed by atoms with Crippen molar-refractivity contribution in [2.45, 2.75) is 12.8 Å². The molecule has 0 bridgehead atoms. The molecule has 4 nitrogen and oxygen atoms in total. The molecule has 0 atom stereocenters. The summed E-state index contributed by atoms with van der Waals surface area (Å²) in [6, 6.07) is 3.39. The molecular formula is C12H14Cl2N4. The Labute approximate surface area is 116 Å². The van der Waals surface area contributed by atoms with E-state index in [2.05, 4.69) is 15.3 Å². The predicted octanol–water partition coefficient (Wildman–Crippen LogP) is 3.34. The quantitative estimate of drug-likeness (QED) is 0.583. The van der Waals surface area contributed by atoms with Crippen molar-refractivity contribution in [1.82, 2.24) is 9.97 Å². The lowest BCUT2D eigenvalue weighted by Gasteiger charge is -2.10. The second kappa shape index (κ2) is 5.98. The average molecular weight is 285 g/mol. The first-order valence-electron chi connectivity index (χ1n) is 5.63. The molecule has 0 aliphatic carbocycles. The lowest BCUT2D eigenvalue weighted by molar-refractivity contribution is 0.817. The number of nitrogens with one attached hydrogen (secondary N) is 2. The van der Waals surface area contributed by atoms with Crippen molar-refractivity contribution in [3.8, 4) is 0 Å². The normalized spacial score (nSPS) is 10.6. The third kappa shape index (κ3) is 3.31. The Morgan fingerprint density at radius 1 is 1.28 bits per heavy atom. The summed E-state index contributed by atoms with van der Waals surface area (Å²) in [5.41, 5.74) is 7.25. The fraction of sp³-hybridized carbons (Fsp3) is 0.250. The van der Waals surface area contributed by atoms with E-state index in [1.54, 1.807) is 18.3 Å². The van der Waals surface area contributed by atoms with E-state index in [4.69, 9.17) is 28.9 Å². The number of nitrogens with zero attached hydrogens (tertiary/aromatic N) is 1. The highest BCUT2D eigenvalue weighted by atomic mass is 35.5. The third-order valence-electron chi connectivity index (χ3n) is 2.55. The molecule has 1 aromatic carbocycles. The Morgan fingerprint density at radius 2 is 2.06 bits per heavy atom. The predicted molar refractivity (Wildman–Crippen MR) is 76.3 cm³/mol. The van der Waals surface area contributed by atoms with Crippen LogP contribution in [0.15, 0.2) is 24.5 Å². The minimum atomic E-state index is 0.468. The maximum Gasteiger partial charge on any atom is 0.106 e. The largest absolute Gasteiger partial charge is 0.397 e. The lowest BCUT2D eigenvalue weighted by Crippen LogP contribution is -2.06. The molecule has 96 valence electrons. The highest BCUT2D eigenvalue weighted by Gasteiger charge is 2.04. The van der Waals surface area contributed by atoms with Crippen LogP contribution in [0.25, 0.3) is 0 Å². The van der Waals surface area contributed by atoms with Crippen molar-refractivity contribution in [1.29, 1.82) is 0 Å². The zero-order valence-corrected chi connectivity index (χ0v) is 11.2. The summed E-state index contributed by atoms with van der Waals surface area (Å²) >= 11 is 11.8. The molecule has 0 saturated heterocycles. The van der Waals surface area contributed by atoms with Crippen LogP contribution in [0.3, 0.4) is 0 Å². The molecule has 0 fully saturated rings. The summed E-state index contributed by atoms with van der Waals surface area (Å²) in [6.07, 6.45) is 5.41. The van der Waals surface area contributed by atoms with Gasteiger partial charge in [-0.15, -0.1) is 0 Å². The summed E-state index contributed by atoms with van der Waals surface area (Å²) < 4.78 is 0. The van der Waals surface area contributed by atoms with Gasteiger partial charge in [0.05, 0.1) is 21.4 Å². The Balaban J connectivity index is 1.85. The Hall–Kier alpha value is -1.39. The lowest BCUT2D eigenvalue weighted by atomic mass is 10.2. The van der Waals surface area contributed by atoms with Crippen LogP contribution in [-0.4, -0.2) is 16.5 Å². The number of hydrogen-bond donors (Lipinski definition) is 3. The fourth-order valence-electron chi connectivity index (χ4n) is 1.63. The molecular weight excluding hydrogens is 271 g/mol. The molecule has 18 heavy (non-hydrogen) atoms. The fourth-order valence-corrected chi connectivity index (χ4v) is 1.96. The summed E-state index contributed by atoms with van der Waals surface area (Å²) in [7, 11) is 0. The molecule has 0 saturated carbocycles. The van der Waals surface area contributed by atoms with Crippen LogP contribution in [0.4, 0.5) is 11.4 Å². The first-order chi connectivity index (χ1) is 8.66. The van der Waals surface area contributed by atoms with Crippen LogP contribution < -0.4 is 11.1 Å².